The zero-order valence-corrected chi connectivity index (χ0v) is 15.5. The van der Waals surface area contributed by atoms with Gasteiger partial charge in [0, 0.05) is 18.7 Å². The normalized spacial score (nSPS) is 19.5. The van der Waals surface area contributed by atoms with Crippen LogP contribution in [0.4, 0.5) is 0 Å². The van der Waals surface area contributed by atoms with Crippen LogP contribution in [0.25, 0.3) is 0 Å². The molecule has 3 N–H and O–H groups in total. The van der Waals surface area contributed by atoms with E-state index in [1.807, 2.05) is 32.9 Å². The molecule has 1 aliphatic heterocycles. The van der Waals surface area contributed by atoms with Crippen molar-refractivity contribution < 1.29 is 14.3 Å². The van der Waals surface area contributed by atoms with E-state index < -0.39 is 5.54 Å². The van der Waals surface area contributed by atoms with E-state index in [0.717, 1.165) is 19.4 Å². The summed E-state index contributed by atoms with van der Waals surface area (Å²) in [5.41, 5.74) is 5.98. The average Bonchev–Trinajstić information content (AvgIpc) is 3.06. The van der Waals surface area contributed by atoms with E-state index in [2.05, 4.69) is 5.32 Å². The number of rotatable bonds is 7. The molecule has 0 radical (unpaired) electrons. The Morgan fingerprint density at radius 2 is 2.25 bits per heavy atom. The van der Waals surface area contributed by atoms with E-state index in [1.165, 1.54) is 0 Å². The van der Waals surface area contributed by atoms with E-state index in [0.29, 0.717) is 24.5 Å². The van der Waals surface area contributed by atoms with Gasteiger partial charge in [0.05, 0.1) is 11.6 Å². The number of benzene rings is 1. The second-order valence-corrected chi connectivity index (χ2v) is 6.70. The first-order valence-electron chi connectivity index (χ1n) is 8.31. The SMILES string of the molecule is CC(C)C(C)(CN)NC(=O)c1cccc(OCC2CCCO2)c1.Cl. The van der Waals surface area contributed by atoms with Crippen molar-refractivity contribution in [3.63, 3.8) is 0 Å². The zero-order valence-electron chi connectivity index (χ0n) is 14.7. The minimum atomic E-state index is -0.425. The highest BCUT2D eigenvalue weighted by atomic mass is 35.5. The van der Waals surface area contributed by atoms with Gasteiger partial charge in [0.2, 0.25) is 0 Å². The fraction of sp³-hybridized carbons (Fsp3) is 0.611. The summed E-state index contributed by atoms with van der Waals surface area (Å²) in [5.74, 6) is 0.803. The molecule has 2 unspecified atom stereocenters. The Bertz CT molecular complexity index is 533. The Morgan fingerprint density at radius 1 is 1.50 bits per heavy atom. The summed E-state index contributed by atoms with van der Waals surface area (Å²) >= 11 is 0. The van der Waals surface area contributed by atoms with Gasteiger partial charge in [-0.2, -0.15) is 0 Å². The van der Waals surface area contributed by atoms with Gasteiger partial charge in [-0.3, -0.25) is 4.79 Å². The zero-order chi connectivity index (χ0) is 16.9. The minimum absolute atomic E-state index is 0. The third kappa shape index (κ3) is 5.36. The summed E-state index contributed by atoms with van der Waals surface area (Å²) in [4.78, 5) is 12.5. The fourth-order valence-corrected chi connectivity index (χ4v) is 2.45. The summed E-state index contributed by atoms with van der Waals surface area (Å²) in [7, 11) is 0. The number of amides is 1. The van der Waals surface area contributed by atoms with Crippen LogP contribution in [0.5, 0.6) is 5.75 Å². The van der Waals surface area contributed by atoms with Crippen LogP contribution >= 0.6 is 12.4 Å². The monoisotopic (exact) mass is 356 g/mol. The molecule has 1 heterocycles. The molecule has 0 aliphatic carbocycles. The Balaban J connectivity index is 0.00000288. The molecule has 1 aliphatic rings. The van der Waals surface area contributed by atoms with Crippen molar-refractivity contribution in [2.45, 2.75) is 45.3 Å². The van der Waals surface area contributed by atoms with E-state index in [4.69, 9.17) is 15.2 Å². The molecule has 136 valence electrons. The van der Waals surface area contributed by atoms with Crippen LogP contribution in [-0.2, 0) is 4.74 Å². The maximum atomic E-state index is 12.5. The van der Waals surface area contributed by atoms with Gasteiger partial charge in [-0.05, 0) is 43.9 Å². The quantitative estimate of drug-likeness (QED) is 0.787. The molecule has 1 amide bonds. The molecule has 6 heteroatoms. The van der Waals surface area contributed by atoms with Crippen molar-refractivity contribution in [1.29, 1.82) is 0 Å². The van der Waals surface area contributed by atoms with Gasteiger partial charge in [-0.1, -0.05) is 19.9 Å². The van der Waals surface area contributed by atoms with Gasteiger partial charge in [-0.15, -0.1) is 12.4 Å². The first-order valence-corrected chi connectivity index (χ1v) is 8.31. The Morgan fingerprint density at radius 3 is 2.83 bits per heavy atom. The summed E-state index contributed by atoms with van der Waals surface area (Å²) in [6, 6.07) is 7.23. The molecule has 0 saturated carbocycles. The maximum absolute atomic E-state index is 12.5. The van der Waals surface area contributed by atoms with Crippen molar-refractivity contribution in [2.24, 2.45) is 11.7 Å². The topological polar surface area (TPSA) is 73.6 Å². The van der Waals surface area contributed by atoms with Gasteiger partial charge < -0.3 is 20.5 Å². The molecule has 5 nitrogen and oxygen atoms in total. The number of carbonyl (C=O) groups excluding carboxylic acids is 1. The van der Waals surface area contributed by atoms with E-state index in [1.54, 1.807) is 12.1 Å². The highest BCUT2D eigenvalue weighted by Crippen LogP contribution is 2.19. The highest BCUT2D eigenvalue weighted by Gasteiger charge is 2.29. The first-order chi connectivity index (χ1) is 10.9. The molecule has 0 bridgehead atoms. The van der Waals surface area contributed by atoms with Crippen LogP contribution < -0.4 is 15.8 Å². The molecule has 2 rings (SSSR count). The molecule has 24 heavy (non-hydrogen) atoms. The van der Waals surface area contributed by atoms with Crippen molar-refractivity contribution in [1.82, 2.24) is 5.32 Å². The summed E-state index contributed by atoms with van der Waals surface area (Å²) in [5, 5.41) is 3.04. The summed E-state index contributed by atoms with van der Waals surface area (Å²) in [6.07, 6.45) is 2.28. The molecule has 0 spiro atoms. The maximum Gasteiger partial charge on any atom is 0.251 e. The molecule has 1 aromatic carbocycles. The van der Waals surface area contributed by atoms with Crippen LogP contribution in [0.15, 0.2) is 24.3 Å². The van der Waals surface area contributed by atoms with Crippen LogP contribution in [0.3, 0.4) is 0 Å². The average molecular weight is 357 g/mol. The third-order valence-electron chi connectivity index (χ3n) is 4.65. The van der Waals surface area contributed by atoms with E-state index in [9.17, 15) is 4.79 Å². The molecular weight excluding hydrogens is 328 g/mol. The van der Waals surface area contributed by atoms with E-state index in [-0.39, 0.29) is 30.3 Å². The van der Waals surface area contributed by atoms with E-state index >= 15 is 0 Å². The van der Waals surface area contributed by atoms with Crippen LogP contribution in [-0.4, -0.2) is 37.3 Å². The molecule has 1 saturated heterocycles. The predicted molar refractivity (Wildman–Crippen MR) is 97.9 cm³/mol. The van der Waals surface area contributed by atoms with Crippen LogP contribution in [0.2, 0.25) is 0 Å². The standard InChI is InChI=1S/C18H28N2O3.ClH/c1-13(2)18(3,12-19)20-17(21)14-6-4-7-15(10-14)23-11-16-8-5-9-22-16;/h4,6-7,10,13,16H,5,8-9,11-12,19H2,1-3H3,(H,20,21);1H. The number of hydrogen-bond donors (Lipinski definition) is 2. The largest absolute Gasteiger partial charge is 0.491 e. The van der Waals surface area contributed by atoms with Gasteiger partial charge in [0.15, 0.2) is 0 Å². The van der Waals surface area contributed by atoms with Crippen molar-refractivity contribution in [3.8, 4) is 5.75 Å². The number of carbonyl (C=O) groups is 1. The van der Waals surface area contributed by atoms with Gasteiger partial charge in [-0.25, -0.2) is 0 Å². The molecule has 1 aromatic rings. The lowest BCUT2D eigenvalue weighted by Gasteiger charge is -2.33. The van der Waals surface area contributed by atoms with Crippen molar-refractivity contribution in [2.75, 3.05) is 19.8 Å². The lowest BCUT2D eigenvalue weighted by atomic mass is 9.88. The number of nitrogens with two attached hydrogens (primary N) is 1. The summed E-state index contributed by atoms with van der Waals surface area (Å²) < 4.78 is 11.3. The lowest BCUT2D eigenvalue weighted by Crippen LogP contribution is -2.55. The number of nitrogens with one attached hydrogen (secondary N) is 1. The smallest absolute Gasteiger partial charge is 0.251 e. The van der Waals surface area contributed by atoms with Crippen molar-refractivity contribution >= 4 is 18.3 Å². The fourth-order valence-electron chi connectivity index (χ4n) is 2.45. The number of ether oxygens (including phenoxy) is 2. The van der Waals surface area contributed by atoms with Gasteiger partial charge >= 0.3 is 0 Å². The Labute approximate surface area is 150 Å². The van der Waals surface area contributed by atoms with Gasteiger partial charge in [0.1, 0.15) is 12.4 Å². The molecule has 1 fully saturated rings. The van der Waals surface area contributed by atoms with Crippen LogP contribution in [0, 0.1) is 5.92 Å². The Kier molecular flexibility index (Phi) is 8.00. The number of hydrogen-bond acceptors (Lipinski definition) is 4. The summed E-state index contributed by atoms with van der Waals surface area (Å²) in [6.45, 7) is 7.79. The lowest BCUT2D eigenvalue weighted by molar-refractivity contribution is 0.0679. The highest BCUT2D eigenvalue weighted by molar-refractivity contribution is 5.95. The van der Waals surface area contributed by atoms with Crippen molar-refractivity contribution in [3.05, 3.63) is 29.8 Å². The molecule has 0 aromatic heterocycles. The predicted octanol–water partition coefficient (Wildman–Crippen LogP) is 2.77. The van der Waals surface area contributed by atoms with Gasteiger partial charge in [0.25, 0.3) is 5.91 Å². The molecule has 2 atom stereocenters. The van der Waals surface area contributed by atoms with Crippen LogP contribution in [0.1, 0.15) is 44.0 Å². The minimum Gasteiger partial charge on any atom is -0.491 e. The number of halogens is 1. The second-order valence-electron chi connectivity index (χ2n) is 6.70. The third-order valence-corrected chi connectivity index (χ3v) is 4.65. The Hall–Kier alpha value is -1.30. The second kappa shape index (κ2) is 9.25. The first kappa shape index (κ1) is 20.7. The molecular formula is C18H29ClN2O3.